The van der Waals surface area contributed by atoms with Gasteiger partial charge in [0.25, 0.3) is 0 Å². The Balaban J connectivity index is 1.23. The molecule has 2 aliphatic rings. The number of amides is 1. The van der Waals surface area contributed by atoms with Crippen LogP contribution >= 0.6 is 0 Å². The average molecular weight is 524 g/mol. The van der Waals surface area contributed by atoms with Gasteiger partial charge in [-0.1, -0.05) is 24.3 Å². The summed E-state index contributed by atoms with van der Waals surface area (Å²) in [6.07, 6.45) is 9.48. The van der Waals surface area contributed by atoms with E-state index in [1.165, 1.54) is 19.2 Å². The summed E-state index contributed by atoms with van der Waals surface area (Å²) >= 11 is 0. The lowest BCUT2D eigenvalue weighted by Crippen LogP contribution is -2.40. The number of hydrogen-bond donors (Lipinski definition) is 1. The van der Waals surface area contributed by atoms with E-state index in [1.54, 1.807) is 6.08 Å². The van der Waals surface area contributed by atoms with Crippen molar-refractivity contribution >= 4 is 22.8 Å². The van der Waals surface area contributed by atoms with Gasteiger partial charge in [0.1, 0.15) is 29.3 Å². The summed E-state index contributed by atoms with van der Waals surface area (Å²) < 4.78 is 7.88. The summed E-state index contributed by atoms with van der Waals surface area (Å²) in [6, 6.07) is 18.1. The van der Waals surface area contributed by atoms with E-state index in [-0.39, 0.29) is 11.9 Å². The van der Waals surface area contributed by atoms with Crippen LogP contribution < -0.4 is 10.5 Å². The Morgan fingerprint density at radius 2 is 1.85 bits per heavy atom. The first-order chi connectivity index (χ1) is 19.1. The van der Waals surface area contributed by atoms with Crippen LogP contribution in [0.4, 0.5) is 5.82 Å². The minimum absolute atomic E-state index is 0.00326. The summed E-state index contributed by atoms with van der Waals surface area (Å²) in [5.41, 5.74) is 8.64. The topological polar surface area (TPSA) is 102 Å². The maximum Gasteiger partial charge on any atom is 0.246 e. The summed E-state index contributed by atoms with van der Waals surface area (Å²) in [6.45, 7) is 2.11. The second-order valence-corrected chi connectivity index (χ2v) is 10.3. The van der Waals surface area contributed by atoms with Crippen LogP contribution in [0.15, 0.2) is 73.1 Å². The number of ether oxygens (including phenoxy) is 1. The van der Waals surface area contributed by atoms with Gasteiger partial charge < -0.3 is 15.4 Å². The number of benzene rings is 2. The standard InChI is InChI=1S/C30H33N7O2/c1-35(22-13-14-22)17-6-10-26(38)36-18-5-7-23(19-36)37-30-27(29(31)32-20-33-30)28(34-37)21-11-15-25(16-12-21)39-24-8-3-2-4-9-24/h2-4,6,8-12,15-16,20,22-23H,5,7,13-14,17-19H2,1H3,(H2,31,32,33)/t23-/m1/s1. The predicted octanol–water partition coefficient (Wildman–Crippen LogP) is 4.68. The number of nitrogen functional groups attached to an aromatic ring is 1. The largest absolute Gasteiger partial charge is 0.457 e. The van der Waals surface area contributed by atoms with E-state index in [0.717, 1.165) is 54.1 Å². The number of hydrogen-bond acceptors (Lipinski definition) is 7. The van der Waals surface area contributed by atoms with Crippen LogP contribution in [0, 0.1) is 0 Å². The molecule has 0 bridgehead atoms. The molecule has 1 aliphatic carbocycles. The Bertz CT molecular complexity index is 1480. The van der Waals surface area contributed by atoms with Crippen LogP contribution in [0.3, 0.4) is 0 Å². The number of piperidine rings is 1. The molecule has 6 rings (SSSR count). The van der Waals surface area contributed by atoms with Gasteiger partial charge in [-0.15, -0.1) is 0 Å². The van der Waals surface area contributed by atoms with Crippen molar-refractivity contribution in [3.8, 4) is 22.8 Å². The van der Waals surface area contributed by atoms with Gasteiger partial charge in [0.15, 0.2) is 5.65 Å². The van der Waals surface area contributed by atoms with Crippen LogP contribution in [-0.2, 0) is 4.79 Å². The summed E-state index contributed by atoms with van der Waals surface area (Å²) in [7, 11) is 2.11. The number of likely N-dealkylation sites (N-methyl/N-ethyl adjacent to an activating group) is 1. The molecule has 0 unspecified atom stereocenters. The van der Waals surface area contributed by atoms with E-state index in [1.807, 2.05) is 70.3 Å². The predicted molar refractivity (Wildman–Crippen MR) is 151 cm³/mol. The molecule has 200 valence electrons. The Morgan fingerprint density at radius 3 is 2.62 bits per heavy atom. The number of anilines is 1. The van der Waals surface area contributed by atoms with Crippen molar-refractivity contribution in [1.29, 1.82) is 0 Å². The quantitative estimate of drug-likeness (QED) is 0.335. The third kappa shape index (κ3) is 5.49. The minimum Gasteiger partial charge on any atom is -0.457 e. The van der Waals surface area contributed by atoms with Crippen molar-refractivity contribution in [3.05, 3.63) is 73.1 Å². The first kappa shape index (κ1) is 25.1. The number of para-hydroxylation sites is 1. The minimum atomic E-state index is -0.00326. The van der Waals surface area contributed by atoms with Gasteiger partial charge in [0.2, 0.25) is 5.91 Å². The lowest BCUT2D eigenvalue weighted by molar-refractivity contribution is -0.127. The Labute approximate surface area is 227 Å². The number of nitrogens with two attached hydrogens (primary N) is 1. The molecule has 1 atom stereocenters. The number of aromatic nitrogens is 4. The first-order valence-electron chi connectivity index (χ1n) is 13.5. The summed E-state index contributed by atoms with van der Waals surface area (Å²) in [5.74, 6) is 1.94. The number of carbonyl (C=O) groups is 1. The molecule has 9 heteroatoms. The Kier molecular flexibility index (Phi) is 6.98. The van der Waals surface area contributed by atoms with Crippen LogP contribution in [0.5, 0.6) is 11.5 Å². The molecule has 3 heterocycles. The van der Waals surface area contributed by atoms with Gasteiger partial charge in [-0.25, -0.2) is 14.6 Å². The van der Waals surface area contributed by atoms with E-state index in [4.69, 9.17) is 15.6 Å². The van der Waals surface area contributed by atoms with Crippen LogP contribution in [0.1, 0.15) is 31.7 Å². The van der Waals surface area contributed by atoms with Crippen molar-refractivity contribution < 1.29 is 9.53 Å². The van der Waals surface area contributed by atoms with E-state index >= 15 is 0 Å². The monoisotopic (exact) mass is 523 g/mol. The van der Waals surface area contributed by atoms with Crippen molar-refractivity contribution in [1.82, 2.24) is 29.5 Å². The Hall–Kier alpha value is -4.24. The highest BCUT2D eigenvalue weighted by molar-refractivity contribution is 5.98. The smallest absolute Gasteiger partial charge is 0.246 e. The van der Waals surface area contributed by atoms with Gasteiger partial charge >= 0.3 is 0 Å². The van der Waals surface area contributed by atoms with Crippen molar-refractivity contribution in [2.75, 3.05) is 32.4 Å². The molecular formula is C30H33N7O2. The van der Waals surface area contributed by atoms with Gasteiger partial charge in [0, 0.05) is 37.3 Å². The molecule has 1 saturated heterocycles. The van der Waals surface area contributed by atoms with Crippen LogP contribution in [-0.4, -0.2) is 68.2 Å². The zero-order valence-corrected chi connectivity index (χ0v) is 22.1. The molecule has 2 aromatic heterocycles. The molecule has 1 aliphatic heterocycles. The fraction of sp³-hybridized carbons (Fsp3) is 0.333. The van der Waals surface area contributed by atoms with Crippen molar-refractivity contribution in [3.63, 3.8) is 0 Å². The number of fused-ring (bicyclic) bond motifs is 1. The molecule has 1 amide bonds. The lowest BCUT2D eigenvalue weighted by atomic mass is 10.1. The molecule has 0 spiro atoms. The lowest BCUT2D eigenvalue weighted by Gasteiger charge is -2.32. The third-order valence-electron chi connectivity index (χ3n) is 7.50. The molecule has 2 N–H and O–H groups in total. The molecule has 39 heavy (non-hydrogen) atoms. The average Bonchev–Trinajstić information content (AvgIpc) is 3.75. The zero-order valence-electron chi connectivity index (χ0n) is 22.1. The number of rotatable bonds is 8. The van der Waals surface area contributed by atoms with E-state index in [2.05, 4.69) is 21.9 Å². The Morgan fingerprint density at radius 1 is 1.08 bits per heavy atom. The molecule has 4 aromatic rings. The molecule has 2 fully saturated rings. The SMILES string of the molecule is CN(CC=CC(=O)N1CCC[C@@H](n2nc(-c3ccc(Oc4ccccc4)cc3)c3c(N)ncnc32)C1)C1CC1. The molecule has 1 saturated carbocycles. The number of likely N-dealkylation sites (tertiary alicyclic amines) is 1. The first-order valence-corrected chi connectivity index (χ1v) is 13.5. The maximum atomic E-state index is 13.0. The van der Waals surface area contributed by atoms with E-state index in [0.29, 0.717) is 24.1 Å². The number of carbonyl (C=O) groups excluding carboxylic acids is 1. The van der Waals surface area contributed by atoms with Gasteiger partial charge in [-0.05, 0) is 69.1 Å². The molecule has 0 radical (unpaired) electrons. The molecular weight excluding hydrogens is 490 g/mol. The second-order valence-electron chi connectivity index (χ2n) is 10.3. The summed E-state index contributed by atoms with van der Waals surface area (Å²) in [4.78, 5) is 26.0. The van der Waals surface area contributed by atoms with E-state index in [9.17, 15) is 4.79 Å². The second kappa shape index (κ2) is 10.9. The normalized spacial score (nSPS) is 17.8. The van der Waals surface area contributed by atoms with Gasteiger partial charge in [0.05, 0.1) is 11.4 Å². The van der Waals surface area contributed by atoms with E-state index < -0.39 is 0 Å². The molecule has 9 nitrogen and oxygen atoms in total. The summed E-state index contributed by atoms with van der Waals surface area (Å²) in [5, 5.41) is 5.72. The van der Waals surface area contributed by atoms with Gasteiger partial charge in [-0.3, -0.25) is 9.69 Å². The van der Waals surface area contributed by atoms with Crippen LogP contribution in [0.2, 0.25) is 0 Å². The van der Waals surface area contributed by atoms with Crippen molar-refractivity contribution in [2.45, 2.75) is 37.8 Å². The van der Waals surface area contributed by atoms with Crippen LogP contribution in [0.25, 0.3) is 22.3 Å². The van der Waals surface area contributed by atoms with Crippen molar-refractivity contribution in [2.24, 2.45) is 0 Å². The zero-order chi connectivity index (χ0) is 26.8. The third-order valence-corrected chi connectivity index (χ3v) is 7.50. The highest BCUT2D eigenvalue weighted by Crippen LogP contribution is 2.35. The molecule has 2 aromatic carbocycles. The maximum absolute atomic E-state index is 13.0. The fourth-order valence-corrected chi connectivity index (χ4v) is 5.20. The fourth-order valence-electron chi connectivity index (χ4n) is 5.20. The highest BCUT2D eigenvalue weighted by Gasteiger charge is 2.28. The highest BCUT2D eigenvalue weighted by atomic mass is 16.5. The van der Waals surface area contributed by atoms with Gasteiger partial charge in [-0.2, -0.15) is 5.10 Å². The number of nitrogens with zero attached hydrogens (tertiary/aromatic N) is 6.